The highest BCUT2D eigenvalue weighted by Crippen LogP contribution is 2.35. The zero-order valence-corrected chi connectivity index (χ0v) is 14.4. The van der Waals surface area contributed by atoms with Crippen molar-refractivity contribution in [2.45, 2.75) is 19.6 Å². The first-order valence-electron chi connectivity index (χ1n) is 8.02. The van der Waals surface area contributed by atoms with Crippen molar-refractivity contribution in [3.63, 3.8) is 0 Å². The lowest BCUT2D eigenvalue weighted by Gasteiger charge is -2.42. The molecule has 2 aromatic rings. The molecular weight excluding hydrogens is 316 g/mol. The van der Waals surface area contributed by atoms with Gasteiger partial charge in [-0.1, -0.05) is 36.4 Å². The van der Waals surface area contributed by atoms with E-state index >= 15 is 0 Å². The van der Waals surface area contributed by atoms with Crippen molar-refractivity contribution in [1.29, 1.82) is 10.8 Å². The number of ether oxygens (including phenoxy) is 2. The minimum absolute atomic E-state index is 0.111. The summed E-state index contributed by atoms with van der Waals surface area (Å²) >= 11 is 0. The molecule has 0 aliphatic heterocycles. The topological polar surface area (TPSA) is 118 Å². The molecule has 25 heavy (non-hydrogen) atoms. The average molecular weight is 340 g/mol. The molecule has 2 atom stereocenters. The largest absolute Gasteiger partial charge is 0.451 e. The Morgan fingerprint density at radius 3 is 1.36 bits per heavy atom. The molecular formula is C19H24N4O2. The molecule has 0 heterocycles. The molecule has 0 aliphatic carbocycles. The van der Waals surface area contributed by atoms with Gasteiger partial charge in [0.25, 0.3) is 5.79 Å². The molecule has 6 N–H and O–H groups in total. The fourth-order valence-electron chi connectivity index (χ4n) is 2.53. The van der Waals surface area contributed by atoms with Gasteiger partial charge in [0, 0.05) is 0 Å². The highest BCUT2D eigenvalue weighted by atomic mass is 16.7. The van der Waals surface area contributed by atoms with Crippen molar-refractivity contribution in [3.8, 4) is 11.5 Å². The fourth-order valence-corrected chi connectivity index (χ4v) is 2.53. The van der Waals surface area contributed by atoms with Crippen molar-refractivity contribution in [1.82, 2.24) is 0 Å². The standard InChI is InChI=1S/C19H24N4O2/c1-13(17(20)21)19(14(2)18(22)23,24-15-9-5-3-6-10-15)25-16-11-7-4-8-12-16/h3-14H,1-2H3,(H3,20,21)(H3,22,23). The highest BCUT2D eigenvalue weighted by molar-refractivity contribution is 5.84. The van der Waals surface area contributed by atoms with Gasteiger partial charge in [0.05, 0.1) is 11.8 Å². The van der Waals surface area contributed by atoms with Gasteiger partial charge in [-0.2, -0.15) is 0 Å². The van der Waals surface area contributed by atoms with E-state index in [4.69, 9.17) is 31.8 Å². The molecule has 0 saturated heterocycles. The lowest BCUT2D eigenvalue weighted by molar-refractivity contribution is -0.156. The molecule has 6 heteroatoms. The van der Waals surface area contributed by atoms with Crippen LogP contribution in [0.5, 0.6) is 11.5 Å². The maximum Gasteiger partial charge on any atom is 0.270 e. The number of amidine groups is 2. The quantitative estimate of drug-likeness (QED) is 0.335. The highest BCUT2D eigenvalue weighted by Gasteiger charge is 2.49. The van der Waals surface area contributed by atoms with E-state index in [0.29, 0.717) is 11.5 Å². The van der Waals surface area contributed by atoms with Crippen LogP contribution in [0.2, 0.25) is 0 Å². The lowest BCUT2D eigenvalue weighted by atomic mass is 9.86. The second-order valence-corrected chi connectivity index (χ2v) is 5.91. The zero-order chi connectivity index (χ0) is 18.4. The molecule has 6 nitrogen and oxygen atoms in total. The first-order chi connectivity index (χ1) is 11.9. The number of hydrogen-bond acceptors (Lipinski definition) is 4. The Hall–Kier alpha value is -3.02. The van der Waals surface area contributed by atoms with Gasteiger partial charge >= 0.3 is 0 Å². The predicted molar refractivity (Wildman–Crippen MR) is 99.0 cm³/mol. The van der Waals surface area contributed by atoms with Crippen LogP contribution in [-0.2, 0) is 0 Å². The van der Waals surface area contributed by atoms with Crippen molar-refractivity contribution >= 4 is 11.7 Å². The van der Waals surface area contributed by atoms with Crippen LogP contribution in [0.3, 0.4) is 0 Å². The van der Waals surface area contributed by atoms with Gasteiger partial charge in [-0.05, 0) is 38.1 Å². The first-order valence-corrected chi connectivity index (χ1v) is 8.02. The van der Waals surface area contributed by atoms with Gasteiger partial charge in [-0.25, -0.2) is 0 Å². The molecule has 0 spiro atoms. The minimum atomic E-state index is -1.43. The average Bonchev–Trinajstić information content (AvgIpc) is 2.61. The zero-order valence-electron chi connectivity index (χ0n) is 14.4. The SMILES string of the molecule is CC(C(=N)N)C(Oc1ccccc1)(Oc1ccccc1)C(C)C(=N)N. The molecule has 0 amide bonds. The maximum absolute atomic E-state index is 7.93. The molecule has 0 aromatic heterocycles. The van der Waals surface area contributed by atoms with Gasteiger partial charge in [-0.3, -0.25) is 10.8 Å². The number of para-hydroxylation sites is 2. The number of rotatable bonds is 8. The molecule has 0 aliphatic rings. The second-order valence-electron chi connectivity index (χ2n) is 5.91. The van der Waals surface area contributed by atoms with E-state index in [1.807, 2.05) is 36.4 Å². The van der Waals surface area contributed by atoms with Crippen LogP contribution in [0.4, 0.5) is 0 Å². The molecule has 0 bridgehead atoms. The lowest BCUT2D eigenvalue weighted by Crippen LogP contribution is -2.60. The summed E-state index contributed by atoms with van der Waals surface area (Å²) in [7, 11) is 0. The van der Waals surface area contributed by atoms with Crippen molar-refractivity contribution in [2.75, 3.05) is 0 Å². The van der Waals surface area contributed by atoms with Gasteiger partial charge in [0.15, 0.2) is 0 Å². The summed E-state index contributed by atoms with van der Waals surface area (Å²) in [5.74, 6) is -1.86. The van der Waals surface area contributed by atoms with Crippen molar-refractivity contribution < 1.29 is 9.47 Å². The monoisotopic (exact) mass is 340 g/mol. The van der Waals surface area contributed by atoms with Gasteiger partial charge < -0.3 is 20.9 Å². The molecule has 0 fully saturated rings. The number of hydrogen-bond donors (Lipinski definition) is 4. The van der Waals surface area contributed by atoms with E-state index in [-0.39, 0.29) is 11.7 Å². The Morgan fingerprint density at radius 2 is 1.08 bits per heavy atom. The summed E-state index contributed by atoms with van der Waals surface area (Å²) in [6.07, 6.45) is 0. The van der Waals surface area contributed by atoms with Gasteiger partial charge in [0.2, 0.25) is 0 Å². The van der Waals surface area contributed by atoms with Crippen molar-refractivity contribution in [2.24, 2.45) is 23.3 Å². The minimum Gasteiger partial charge on any atom is -0.451 e. The fraction of sp³-hybridized carbons (Fsp3) is 0.263. The van der Waals surface area contributed by atoms with Crippen LogP contribution in [0, 0.1) is 22.7 Å². The summed E-state index contributed by atoms with van der Waals surface area (Å²) in [5, 5.41) is 15.9. The molecule has 0 radical (unpaired) electrons. The van der Waals surface area contributed by atoms with E-state index in [1.165, 1.54) is 0 Å². The summed E-state index contributed by atoms with van der Waals surface area (Å²) in [5.41, 5.74) is 11.6. The smallest absolute Gasteiger partial charge is 0.270 e. The predicted octanol–water partition coefficient (Wildman–Crippen LogP) is 2.98. The van der Waals surface area contributed by atoms with E-state index in [9.17, 15) is 0 Å². The molecule has 132 valence electrons. The van der Waals surface area contributed by atoms with Crippen LogP contribution < -0.4 is 20.9 Å². The van der Waals surface area contributed by atoms with E-state index < -0.39 is 17.6 Å². The first kappa shape index (κ1) is 18.3. The van der Waals surface area contributed by atoms with Crippen molar-refractivity contribution in [3.05, 3.63) is 60.7 Å². The third kappa shape index (κ3) is 4.09. The molecule has 2 unspecified atom stereocenters. The molecule has 2 rings (SSSR count). The normalized spacial score (nSPS) is 13.5. The van der Waals surface area contributed by atoms with Crippen LogP contribution in [0.25, 0.3) is 0 Å². The summed E-state index contributed by atoms with van der Waals surface area (Å²) in [4.78, 5) is 0. The molecule has 0 saturated carbocycles. The van der Waals surface area contributed by atoms with E-state index in [0.717, 1.165) is 0 Å². The van der Waals surface area contributed by atoms with Crippen LogP contribution in [0.1, 0.15) is 13.8 Å². The number of nitrogens with one attached hydrogen (secondary N) is 2. The van der Waals surface area contributed by atoms with Crippen LogP contribution in [0.15, 0.2) is 60.7 Å². The summed E-state index contributed by atoms with van der Waals surface area (Å²) in [6.45, 7) is 3.46. The van der Waals surface area contributed by atoms with Gasteiger partial charge in [-0.15, -0.1) is 0 Å². The second kappa shape index (κ2) is 7.70. The van der Waals surface area contributed by atoms with E-state index in [2.05, 4.69) is 0 Å². The van der Waals surface area contributed by atoms with Crippen LogP contribution >= 0.6 is 0 Å². The Morgan fingerprint density at radius 1 is 0.760 bits per heavy atom. The Bertz CT molecular complexity index is 655. The van der Waals surface area contributed by atoms with Crippen LogP contribution in [-0.4, -0.2) is 17.5 Å². The summed E-state index contributed by atoms with van der Waals surface area (Å²) < 4.78 is 12.4. The Balaban J connectivity index is 2.55. The van der Waals surface area contributed by atoms with E-state index in [1.54, 1.807) is 38.1 Å². The Kier molecular flexibility index (Phi) is 5.64. The Labute approximate surface area is 147 Å². The van der Waals surface area contributed by atoms with Gasteiger partial charge in [0.1, 0.15) is 23.2 Å². The number of nitrogens with two attached hydrogens (primary N) is 2. The third-order valence-electron chi connectivity index (χ3n) is 4.18. The maximum atomic E-state index is 7.93. The number of benzene rings is 2. The third-order valence-corrected chi connectivity index (χ3v) is 4.18. The summed E-state index contributed by atoms with van der Waals surface area (Å²) in [6, 6.07) is 18.2. The molecule has 2 aromatic carbocycles.